The molecule has 0 saturated heterocycles. The summed E-state index contributed by atoms with van der Waals surface area (Å²) in [5.74, 6) is 0. The number of rotatable bonds is 11. The molecular formula is C15H28N2O4. The van der Waals surface area contributed by atoms with Crippen molar-refractivity contribution >= 4 is 12.2 Å². The molecule has 0 aliphatic carbocycles. The number of ether oxygens (including phenoxy) is 2. The van der Waals surface area contributed by atoms with Crippen LogP contribution in [0.3, 0.4) is 0 Å². The topological polar surface area (TPSA) is 77.3 Å². The van der Waals surface area contributed by atoms with E-state index in [0.29, 0.717) is 13.2 Å². The smallest absolute Gasteiger partial charge is 0.447 e. The molecular weight excluding hydrogens is 272 g/mol. The lowest BCUT2D eigenvalue weighted by atomic mass is 10.1. The van der Waals surface area contributed by atoms with Crippen LogP contribution in [0.4, 0.5) is 9.59 Å². The molecule has 0 N–H and O–H groups in total. The summed E-state index contributed by atoms with van der Waals surface area (Å²) in [6.45, 7) is 4.84. The number of unbranched alkanes of at least 4 members (excludes halogenated alkanes) is 7. The second-order valence-electron chi connectivity index (χ2n) is 4.90. The number of carbonyl (C=O) groups excluding carboxylic acids is 2. The normalized spacial score (nSPS) is 10.8. The van der Waals surface area contributed by atoms with E-state index in [1.165, 1.54) is 19.3 Å². The van der Waals surface area contributed by atoms with Crippen molar-refractivity contribution in [3.8, 4) is 0 Å². The van der Waals surface area contributed by atoms with Gasteiger partial charge in [-0.25, -0.2) is 9.59 Å². The summed E-state index contributed by atoms with van der Waals surface area (Å²) >= 11 is 0. The Morgan fingerprint density at radius 3 is 1.57 bits per heavy atom. The Morgan fingerprint density at radius 2 is 1.05 bits per heavy atom. The molecule has 0 aromatic rings. The first-order chi connectivity index (χ1) is 10.2. The fraction of sp³-hybridized carbons (Fsp3) is 0.867. The molecule has 0 saturated carbocycles. The number of amides is 2. The van der Waals surface area contributed by atoms with Gasteiger partial charge in [0.2, 0.25) is 0 Å². The minimum atomic E-state index is -0.845. The third-order valence-electron chi connectivity index (χ3n) is 2.91. The zero-order chi connectivity index (χ0) is 15.8. The zero-order valence-electron chi connectivity index (χ0n) is 13.3. The van der Waals surface area contributed by atoms with Crippen molar-refractivity contribution in [1.29, 1.82) is 0 Å². The molecule has 0 fully saturated rings. The number of hydrogen-bond donors (Lipinski definition) is 0. The molecule has 0 atom stereocenters. The van der Waals surface area contributed by atoms with Gasteiger partial charge in [-0.1, -0.05) is 69.0 Å². The van der Waals surface area contributed by atoms with Crippen molar-refractivity contribution in [2.24, 2.45) is 10.2 Å². The van der Waals surface area contributed by atoms with Gasteiger partial charge in [-0.05, 0) is 12.8 Å². The summed E-state index contributed by atoms with van der Waals surface area (Å²) in [4.78, 5) is 22.3. The van der Waals surface area contributed by atoms with Gasteiger partial charge >= 0.3 is 12.2 Å². The minimum Gasteiger partial charge on any atom is -0.447 e. The van der Waals surface area contributed by atoms with Gasteiger partial charge in [0.15, 0.2) is 0 Å². The lowest BCUT2D eigenvalue weighted by Gasteiger charge is -2.01. The lowest BCUT2D eigenvalue weighted by molar-refractivity contribution is 0.143. The molecule has 2 amide bonds. The van der Waals surface area contributed by atoms with Crippen LogP contribution < -0.4 is 0 Å². The fourth-order valence-corrected chi connectivity index (χ4v) is 1.69. The van der Waals surface area contributed by atoms with Crippen molar-refractivity contribution in [3.63, 3.8) is 0 Å². The summed E-state index contributed by atoms with van der Waals surface area (Å²) in [7, 11) is 0. The lowest BCUT2D eigenvalue weighted by Crippen LogP contribution is -2.03. The molecule has 0 aromatic carbocycles. The number of nitrogens with zero attached hydrogens (tertiary/aromatic N) is 2. The van der Waals surface area contributed by atoms with Gasteiger partial charge in [0.1, 0.15) is 0 Å². The Labute approximate surface area is 127 Å². The number of carbonyl (C=O) groups is 2. The first kappa shape index (κ1) is 19.5. The van der Waals surface area contributed by atoms with Crippen molar-refractivity contribution in [1.82, 2.24) is 0 Å². The highest BCUT2D eigenvalue weighted by Gasteiger charge is 2.03. The quantitative estimate of drug-likeness (QED) is 0.385. The monoisotopic (exact) mass is 300 g/mol. The van der Waals surface area contributed by atoms with Crippen molar-refractivity contribution in [3.05, 3.63) is 0 Å². The van der Waals surface area contributed by atoms with Crippen LogP contribution in [0.5, 0.6) is 0 Å². The Bertz CT molecular complexity index is 306. The maximum Gasteiger partial charge on any atom is 0.452 e. The SMILES string of the molecule is CCCCCCCCOC(=O)/N=N/C(=O)OCCCCC. The molecule has 6 heteroatoms. The molecule has 0 heterocycles. The van der Waals surface area contributed by atoms with Gasteiger partial charge in [-0.2, -0.15) is 0 Å². The molecule has 122 valence electrons. The highest BCUT2D eigenvalue weighted by molar-refractivity contribution is 5.73. The highest BCUT2D eigenvalue weighted by Crippen LogP contribution is 2.05. The van der Waals surface area contributed by atoms with Crippen LogP contribution in [0.25, 0.3) is 0 Å². The number of azo groups is 1. The van der Waals surface area contributed by atoms with Gasteiger partial charge < -0.3 is 9.47 Å². The molecule has 6 nitrogen and oxygen atoms in total. The van der Waals surface area contributed by atoms with E-state index in [1.54, 1.807) is 0 Å². The van der Waals surface area contributed by atoms with Crippen LogP contribution in [0.15, 0.2) is 10.2 Å². The van der Waals surface area contributed by atoms with Gasteiger partial charge in [0.05, 0.1) is 13.2 Å². The molecule has 0 aliphatic rings. The second-order valence-corrected chi connectivity index (χ2v) is 4.90. The third-order valence-corrected chi connectivity index (χ3v) is 2.91. The molecule has 0 unspecified atom stereocenters. The van der Waals surface area contributed by atoms with Crippen LogP contribution in [0.1, 0.15) is 71.6 Å². The standard InChI is InChI=1S/C15H28N2O4/c1-3-5-7-8-9-11-13-21-15(19)17-16-14(18)20-12-10-6-4-2/h3-13H2,1-2H3/b17-16+. The van der Waals surface area contributed by atoms with E-state index < -0.39 is 12.2 Å². The van der Waals surface area contributed by atoms with Crippen LogP contribution >= 0.6 is 0 Å². The predicted molar refractivity (Wildman–Crippen MR) is 80.5 cm³/mol. The van der Waals surface area contributed by atoms with E-state index in [9.17, 15) is 9.59 Å². The highest BCUT2D eigenvalue weighted by atomic mass is 16.6. The van der Waals surface area contributed by atoms with Gasteiger partial charge in [-0.3, -0.25) is 0 Å². The summed E-state index contributed by atoms with van der Waals surface area (Å²) in [5.41, 5.74) is 0. The van der Waals surface area contributed by atoms with E-state index in [0.717, 1.165) is 38.5 Å². The van der Waals surface area contributed by atoms with E-state index in [4.69, 9.17) is 9.47 Å². The molecule has 0 aromatic heterocycles. The maximum absolute atomic E-state index is 11.2. The van der Waals surface area contributed by atoms with E-state index in [-0.39, 0.29) is 0 Å². The van der Waals surface area contributed by atoms with Crippen molar-refractivity contribution in [2.45, 2.75) is 71.6 Å². The molecule has 0 aliphatic heterocycles. The summed E-state index contributed by atoms with van der Waals surface area (Å²) < 4.78 is 9.60. The summed E-state index contributed by atoms with van der Waals surface area (Å²) in [6, 6.07) is 0. The number of hydrogen-bond acceptors (Lipinski definition) is 4. The van der Waals surface area contributed by atoms with Crippen molar-refractivity contribution in [2.75, 3.05) is 13.2 Å². The van der Waals surface area contributed by atoms with E-state index >= 15 is 0 Å². The minimum absolute atomic E-state index is 0.304. The second kappa shape index (κ2) is 14.9. The molecule has 21 heavy (non-hydrogen) atoms. The Balaban J connectivity index is 3.50. The maximum atomic E-state index is 11.2. The van der Waals surface area contributed by atoms with Crippen molar-refractivity contribution < 1.29 is 19.1 Å². The Morgan fingerprint density at radius 1 is 0.667 bits per heavy atom. The van der Waals surface area contributed by atoms with Gasteiger partial charge in [0, 0.05) is 0 Å². The van der Waals surface area contributed by atoms with Gasteiger partial charge in [0.25, 0.3) is 0 Å². The molecule has 0 spiro atoms. The molecule has 0 rings (SSSR count). The first-order valence-electron chi connectivity index (χ1n) is 7.96. The largest absolute Gasteiger partial charge is 0.452 e. The Kier molecular flexibility index (Phi) is 13.9. The summed E-state index contributed by atoms with van der Waals surface area (Å²) in [5, 5.41) is 6.31. The van der Waals surface area contributed by atoms with Crippen LogP contribution in [-0.4, -0.2) is 25.4 Å². The Hall–Kier alpha value is -1.46. The van der Waals surface area contributed by atoms with E-state index in [2.05, 4.69) is 24.1 Å². The predicted octanol–water partition coefficient (Wildman–Crippen LogP) is 5.26. The van der Waals surface area contributed by atoms with Crippen LogP contribution in [0, 0.1) is 0 Å². The first-order valence-corrected chi connectivity index (χ1v) is 7.96. The molecule has 0 bridgehead atoms. The third kappa shape index (κ3) is 14.8. The van der Waals surface area contributed by atoms with Crippen LogP contribution in [-0.2, 0) is 9.47 Å². The average molecular weight is 300 g/mol. The van der Waals surface area contributed by atoms with Crippen LogP contribution in [0.2, 0.25) is 0 Å². The average Bonchev–Trinajstić information content (AvgIpc) is 2.48. The zero-order valence-corrected chi connectivity index (χ0v) is 13.3. The summed E-state index contributed by atoms with van der Waals surface area (Å²) in [6.07, 6.45) is 7.81. The fourth-order valence-electron chi connectivity index (χ4n) is 1.69. The molecule has 0 radical (unpaired) electrons. The van der Waals surface area contributed by atoms with Gasteiger partial charge in [-0.15, -0.1) is 0 Å². The van der Waals surface area contributed by atoms with E-state index in [1.807, 2.05) is 0 Å².